The van der Waals surface area contributed by atoms with E-state index < -0.39 is 10.8 Å². The van der Waals surface area contributed by atoms with Gasteiger partial charge in [0.1, 0.15) is 0 Å². The van der Waals surface area contributed by atoms with E-state index in [1.165, 1.54) is 32.2 Å². The van der Waals surface area contributed by atoms with E-state index in [-0.39, 0.29) is 0 Å². The molecule has 1 fully saturated rings. The van der Waals surface area contributed by atoms with Crippen LogP contribution < -0.4 is 10.6 Å². The minimum absolute atomic E-state index is 0.570. The Kier molecular flexibility index (Phi) is 7.25. The lowest BCUT2D eigenvalue weighted by molar-refractivity contribution is 0.345. The molecule has 2 N–H and O–H groups in total. The Morgan fingerprint density at radius 3 is 2.94 bits per heavy atom. The van der Waals surface area contributed by atoms with Gasteiger partial charge in [0.2, 0.25) is 0 Å². The lowest BCUT2D eigenvalue weighted by Gasteiger charge is -2.26. The van der Waals surface area contributed by atoms with Crippen LogP contribution in [0, 0.1) is 0 Å². The average molecular weight is 246 g/mol. The first-order chi connectivity index (χ1) is 7.68. The molecule has 16 heavy (non-hydrogen) atoms. The number of hydrogen-bond acceptors (Lipinski definition) is 3. The van der Waals surface area contributed by atoms with Crippen LogP contribution in [0.2, 0.25) is 0 Å². The van der Waals surface area contributed by atoms with Gasteiger partial charge in [-0.25, -0.2) is 0 Å². The van der Waals surface area contributed by atoms with Crippen molar-refractivity contribution in [1.82, 2.24) is 10.6 Å². The maximum atomic E-state index is 10.9. The molecule has 1 saturated heterocycles. The highest BCUT2D eigenvalue weighted by Gasteiger charge is 2.14. The van der Waals surface area contributed by atoms with Crippen LogP contribution in [0.5, 0.6) is 0 Å². The molecule has 4 heteroatoms. The van der Waals surface area contributed by atoms with E-state index in [0.29, 0.717) is 12.1 Å². The summed E-state index contributed by atoms with van der Waals surface area (Å²) in [6.07, 6.45) is 8.04. The van der Waals surface area contributed by atoms with Crippen LogP contribution in [0.25, 0.3) is 0 Å². The van der Waals surface area contributed by atoms with Crippen molar-refractivity contribution in [1.29, 1.82) is 0 Å². The molecule has 1 heterocycles. The normalized spacial score (nSPS) is 25.2. The van der Waals surface area contributed by atoms with Crippen molar-refractivity contribution in [2.45, 2.75) is 51.1 Å². The van der Waals surface area contributed by atoms with Gasteiger partial charge < -0.3 is 10.6 Å². The summed E-state index contributed by atoms with van der Waals surface area (Å²) in [7, 11) is -0.639. The summed E-state index contributed by atoms with van der Waals surface area (Å²) in [6, 6.07) is 1.28. The fourth-order valence-electron chi connectivity index (χ4n) is 2.26. The first kappa shape index (κ1) is 14.1. The third kappa shape index (κ3) is 6.61. The number of piperidine rings is 1. The summed E-state index contributed by atoms with van der Waals surface area (Å²) in [4.78, 5) is 0. The molecule has 0 spiro atoms. The molecule has 1 aliphatic heterocycles. The molecular formula is C12H26N2OS. The Morgan fingerprint density at radius 2 is 2.31 bits per heavy atom. The Morgan fingerprint density at radius 1 is 1.50 bits per heavy atom. The minimum Gasteiger partial charge on any atom is -0.314 e. The highest BCUT2D eigenvalue weighted by Crippen LogP contribution is 2.11. The maximum Gasteiger partial charge on any atom is 0.0244 e. The topological polar surface area (TPSA) is 41.1 Å². The molecule has 0 aromatic carbocycles. The average Bonchev–Trinajstić information content (AvgIpc) is 2.25. The summed E-state index contributed by atoms with van der Waals surface area (Å²) in [5.41, 5.74) is 0. The molecule has 1 rings (SSSR count). The predicted octanol–water partition coefficient (Wildman–Crippen LogP) is 1.27. The molecular weight excluding hydrogens is 220 g/mol. The highest BCUT2D eigenvalue weighted by molar-refractivity contribution is 7.84. The predicted molar refractivity (Wildman–Crippen MR) is 71.3 cm³/mol. The first-order valence-electron chi connectivity index (χ1n) is 6.45. The second-order valence-electron chi connectivity index (χ2n) is 4.87. The first-order valence-corrected chi connectivity index (χ1v) is 8.18. The molecule has 0 amide bonds. The fraction of sp³-hybridized carbons (Fsp3) is 1.00. The molecule has 0 bridgehead atoms. The van der Waals surface area contributed by atoms with Gasteiger partial charge in [0, 0.05) is 34.9 Å². The summed E-state index contributed by atoms with van der Waals surface area (Å²) >= 11 is 0. The van der Waals surface area contributed by atoms with E-state index in [0.717, 1.165) is 18.7 Å². The van der Waals surface area contributed by atoms with Gasteiger partial charge in [0.05, 0.1) is 0 Å². The lowest BCUT2D eigenvalue weighted by atomic mass is 9.99. The van der Waals surface area contributed by atoms with Crippen molar-refractivity contribution in [3.63, 3.8) is 0 Å². The van der Waals surface area contributed by atoms with Crippen molar-refractivity contribution >= 4 is 10.8 Å². The van der Waals surface area contributed by atoms with Crippen LogP contribution >= 0.6 is 0 Å². The van der Waals surface area contributed by atoms with Gasteiger partial charge in [-0.3, -0.25) is 4.21 Å². The van der Waals surface area contributed by atoms with Gasteiger partial charge in [-0.1, -0.05) is 6.42 Å². The highest BCUT2D eigenvalue weighted by atomic mass is 32.2. The number of nitrogens with one attached hydrogen (secondary N) is 2. The Balaban J connectivity index is 2.01. The van der Waals surface area contributed by atoms with Crippen molar-refractivity contribution in [2.24, 2.45) is 0 Å². The van der Waals surface area contributed by atoms with Crippen LogP contribution in [-0.2, 0) is 10.8 Å². The van der Waals surface area contributed by atoms with Crippen LogP contribution in [0.1, 0.15) is 39.0 Å². The number of rotatable bonds is 7. The van der Waals surface area contributed by atoms with Crippen molar-refractivity contribution in [3.05, 3.63) is 0 Å². The van der Waals surface area contributed by atoms with E-state index in [1.54, 1.807) is 6.26 Å². The fourth-order valence-corrected chi connectivity index (χ4v) is 2.81. The number of hydrogen-bond donors (Lipinski definition) is 2. The zero-order valence-corrected chi connectivity index (χ0v) is 11.4. The van der Waals surface area contributed by atoms with Gasteiger partial charge in [0.25, 0.3) is 0 Å². The molecule has 0 radical (unpaired) electrons. The monoisotopic (exact) mass is 246 g/mol. The van der Waals surface area contributed by atoms with Gasteiger partial charge in [0.15, 0.2) is 0 Å². The molecule has 0 saturated carbocycles. The van der Waals surface area contributed by atoms with E-state index in [4.69, 9.17) is 0 Å². The van der Waals surface area contributed by atoms with Gasteiger partial charge >= 0.3 is 0 Å². The third-order valence-electron chi connectivity index (χ3n) is 3.15. The standard InChI is InChI=1S/C12H26N2OS/c1-11(13-8-5-9-16(2)15)10-12-6-3-4-7-14-12/h11-14H,3-10H2,1-2H3. The van der Waals surface area contributed by atoms with Crippen LogP contribution in [0.4, 0.5) is 0 Å². The van der Waals surface area contributed by atoms with E-state index in [2.05, 4.69) is 17.6 Å². The summed E-state index contributed by atoms with van der Waals surface area (Å²) in [6.45, 7) is 4.43. The molecule has 0 aliphatic carbocycles. The Labute approximate surface area is 102 Å². The van der Waals surface area contributed by atoms with Crippen LogP contribution in [0.15, 0.2) is 0 Å². The van der Waals surface area contributed by atoms with Crippen LogP contribution in [-0.4, -0.2) is 41.4 Å². The molecule has 3 atom stereocenters. The summed E-state index contributed by atoms with van der Waals surface area (Å²) in [5.74, 6) is 0.821. The molecule has 0 aromatic heterocycles. The minimum atomic E-state index is -0.639. The quantitative estimate of drug-likeness (QED) is 0.665. The molecule has 1 aliphatic rings. The lowest BCUT2D eigenvalue weighted by Crippen LogP contribution is -2.40. The second-order valence-corrected chi connectivity index (χ2v) is 6.42. The van der Waals surface area contributed by atoms with E-state index in [1.807, 2.05) is 0 Å². The third-order valence-corrected chi connectivity index (χ3v) is 4.02. The van der Waals surface area contributed by atoms with E-state index in [9.17, 15) is 4.21 Å². The van der Waals surface area contributed by atoms with Gasteiger partial charge in [-0.15, -0.1) is 0 Å². The Hall–Kier alpha value is 0.0700. The SMILES string of the molecule is CC(CC1CCCCN1)NCCCS(C)=O. The van der Waals surface area contributed by atoms with Crippen molar-refractivity contribution in [2.75, 3.05) is 25.1 Å². The van der Waals surface area contributed by atoms with Crippen molar-refractivity contribution in [3.8, 4) is 0 Å². The largest absolute Gasteiger partial charge is 0.314 e. The zero-order valence-electron chi connectivity index (χ0n) is 10.6. The molecule has 0 aromatic rings. The van der Waals surface area contributed by atoms with Crippen molar-refractivity contribution < 1.29 is 4.21 Å². The molecule has 96 valence electrons. The summed E-state index contributed by atoms with van der Waals surface area (Å²) < 4.78 is 10.9. The van der Waals surface area contributed by atoms with Gasteiger partial charge in [-0.2, -0.15) is 0 Å². The summed E-state index contributed by atoms with van der Waals surface area (Å²) in [5, 5.41) is 7.08. The maximum absolute atomic E-state index is 10.9. The van der Waals surface area contributed by atoms with E-state index >= 15 is 0 Å². The Bertz CT molecular complexity index is 205. The smallest absolute Gasteiger partial charge is 0.0244 e. The molecule has 3 nitrogen and oxygen atoms in total. The zero-order chi connectivity index (χ0) is 11.8. The van der Waals surface area contributed by atoms with Gasteiger partial charge in [-0.05, 0) is 45.7 Å². The van der Waals surface area contributed by atoms with Crippen LogP contribution in [0.3, 0.4) is 0 Å². The molecule has 3 unspecified atom stereocenters. The second kappa shape index (κ2) is 8.20.